The molecule has 0 radical (unpaired) electrons. The molecule has 6 nitrogen and oxygen atoms in total. The lowest BCUT2D eigenvalue weighted by Crippen LogP contribution is -2.38. The smallest absolute Gasteiger partial charge is 0.191 e. The topological polar surface area (TPSA) is 64.1 Å². The van der Waals surface area contributed by atoms with E-state index in [2.05, 4.69) is 29.5 Å². The highest BCUT2D eigenvalue weighted by molar-refractivity contribution is 14.0. The molecule has 1 aromatic rings. The number of unbranched alkanes of at least 4 members (excludes halogenated alkanes) is 1. The highest BCUT2D eigenvalue weighted by Crippen LogP contribution is 2.28. The van der Waals surface area contributed by atoms with Gasteiger partial charge < -0.3 is 24.8 Å². The van der Waals surface area contributed by atoms with Crippen LogP contribution in [0.1, 0.15) is 45.6 Å². The van der Waals surface area contributed by atoms with Crippen LogP contribution in [0.3, 0.4) is 0 Å². The van der Waals surface area contributed by atoms with Crippen molar-refractivity contribution >= 4 is 29.9 Å². The van der Waals surface area contributed by atoms with Crippen LogP contribution in [0.2, 0.25) is 0 Å². The van der Waals surface area contributed by atoms with Crippen LogP contribution >= 0.6 is 24.0 Å². The number of ether oxygens (including phenoxy) is 3. The second kappa shape index (κ2) is 16.9. The molecule has 0 unspecified atom stereocenters. The number of halogens is 1. The van der Waals surface area contributed by atoms with Crippen molar-refractivity contribution in [1.82, 2.24) is 10.6 Å². The Balaban J connectivity index is 0.00000676. The first-order valence-corrected chi connectivity index (χ1v) is 9.64. The molecule has 0 saturated carbocycles. The monoisotopic (exact) mass is 493 g/mol. The molecule has 27 heavy (non-hydrogen) atoms. The summed E-state index contributed by atoms with van der Waals surface area (Å²) in [5.41, 5.74) is 1.07. The number of rotatable bonds is 13. The Kier molecular flexibility index (Phi) is 16.2. The lowest BCUT2D eigenvalue weighted by atomic mass is 10.2. The lowest BCUT2D eigenvalue weighted by Gasteiger charge is -2.12. The molecule has 0 aromatic heterocycles. The summed E-state index contributed by atoms with van der Waals surface area (Å²) in [6, 6.07) is 5.92. The molecule has 0 fully saturated rings. The van der Waals surface area contributed by atoms with Crippen LogP contribution in [0.25, 0.3) is 0 Å². The molecular formula is C20H36IN3O3. The Morgan fingerprint density at radius 2 is 1.81 bits per heavy atom. The summed E-state index contributed by atoms with van der Waals surface area (Å²) in [5.74, 6) is 2.31. The molecule has 0 heterocycles. The Hall–Kier alpha value is -1.22. The zero-order chi connectivity index (χ0) is 19.0. The predicted octanol–water partition coefficient (Wildman–Crippen LogP) is 3.97. The van der Waals surface area contributed by atoms with Gasteiger partial charge in [-0.25, -0.2) is 4.99 Å². The van der Waals surface area contributed by atoms with E-state index in [1.807, 2.05) is 25.1 Å². The number of benzene rings is 1. The summed E-state index contributed by atoms with van der Waals surface area (Å²) in [5, 5.41) is 6.61. The molecule has 0 aliphatic heterocycles. The molecule has 0 atom stereocenters. The molecule has 0 aliphatic carbocycles. The predicted molar refractivity (Wildman–Crippen MR) is 123 cm³/mol. The van der Waals surface area contributed by atoms with Gasteiger partial charge in [0, 0.05) is 26.3 Å². The van der Waals surface area contributed by atoms with E-state index >= 15 is 0 Å². The van der Waals surface area contributed by atoms with Gasteiger partial charge in [-0.2, -0.15) is 0 Å². The van der Waals surface area contributed by atoms with Crippen LogP contribution in [0.15, 0.2) is 23.2 Å². The van der Waals surface area contributed by atoms with Gasteiger partial charge in [-0.05, 0) is 44.4 Å². The average molecular weight is 493 g/mol. The maximum Gasteiger partial charge on any atom is 0.191 e. The minimum atomic E-state index is 0. The molecular weight excluding hydrogens is 457 g/mol. The van der Waals surface area contributed by atoms with E-state index in [1.54, 1.807) is 7.11 Å². The Bertz CT molecular complexity index is 527. The van der Waals surface area contributed by atoms with Crippen LogP contribution in [-0.4, -0.2) is 46.0 Å². The molecule has 1 aromatic carbocycles. The summed E-state index contributed by atoms with van der Waals surface area (Å²) in [6.07, 6.45) is 3.26. The molecule has 0 saturated heterocycles. The first-order valence-electron chi connectivity index (χ1n) is 9.64. The summed E-state index contributed by atoms with van der Waals surface area (Å²) >= 11 is 0. The molecule has 0 bridgehead atoms. The molecule has 156 valence electrons. The minimum absolute atomic E-state index is 0. The van der Waals surface area contributed by atoms with Crippen molar-refractivity contribution in [2.75, 3.05) is 40.0 Å². The number of hydrogen-bond acceptors (Lipinski definition) is 4. The van der Waals surface area contributed by atoms with Gasteiger partial charge >= 0.3 is 0 Å². The summed E-state index contributed by atoms with van der Waals surface area (Å²) < 4.78 is 16.5. The fourth-order valence-corrected chi connectivity index (χ4v) is 2.33. The van der Waals surface area contributed by atoms with Gasteiger partial charge in [0.25, 0.3) is 0 Å². The van der Waals surface area contributed by atoms with Crippen molar-refractivity contribution in [2.45, 2.75) is 46.6 Å². The number of nitrogens with zero attached hydrogens (tertiary/aromatic N) is 1. The van der Waals surface area contributed by atoms with Crippen molar-refractivity contribution in [2.24, 2.45) is 4.99 Å². The van der Waals surface area contributed by atoms with Crippen molar-refractivity contribution in [3.05, 3.63) is 23.8 Å². The number of guanidine groups is 1. The summed E-state index contributed by atoms with van der Waals surface area (Å²) in [6.45, 7) is 10.7. The third kappa shape index (κ3) is 11.3. The second-order valence-electron chi connectivity index (χ2n) is 5.86. The van der Waals surface area contributed by atoms with Gasteiger partial charge in [-0.15, -0.1) is 24.0 Å². The number of aliphatic imine (C=N–C) groups is 1. The molecule has 0 spiro atoms. The van der Waals surface area contributed by atoms with Crippen LogP contribution < -0.4 is 20.1 Å². The zero-order valence-corrected chi connectivity index (χ0v) is 19.5. The fourth-order valence-electron chi connectivity index (χ4n) is 2.33. The summed E-state index contributed by atoms with van der Waals surface area (Å²) in [4.78, 5) is 4.64. The quantitative estimate of drug-likeness (QED) is 0.189. The van der Waals surface area contributed by atoms with E-state index in [9.17, 15) is 0 Å². The van der Waals surface area contributed by atoms with E-state index in [4.69, 9.17) is 14.2 Å². The van der Waals surface area contributed by atoms with E-state index in [1.165, 1.54) is 6.42 Å². The third-order valence-electron chi connectivity index (χ3n) is 3.69. The van der Waals surface area contributed by atoms with Gasteiger partial charge in [-0.1, -0.05) is 19.4 Å². The Morgan fingerprint density at radius 1 is 1.04 bits per heavy atom. The van der Waals surface area contributed by atoms with Gasteiger partial charge in [0.15, 0.2) is 17.5 Å². The Labute approximate surface area is 181 Å². The van der Waals surface area contributed by atoms with Gasteiger partial charge in [0.05, 0.1) is 20.3 Å². The maximum absolute atomic E-state index is 5.58. The van der Waals surface area contributed by atoms with E-state index < -0.39 is 0 Å². The second-order valence-corrected chi connectivity index (χ2v) is 5.86. The van der Waals surface area contributed by atoms with E-state index in [-0.39, 0.29) is 24.0 Å². The van der Waals surface area contributed by atoms with Gasteiger partial charge in [0.1, 0.15) is 0 Å². The highest BCUT2D eigenvalue weighted by atomic mass is 127. The van der Waals surface area contributed by atoms with Gasteiger partial charge in [-0.3, -0.25) is 0 Å². The highest BCUT2D eigenvalue weighted by Gasteiger charge is 2.05. The summed E-state index contributed by atoms with van der Waals surface area (Å²) in [7, 11) is 1.65. The molecule has 0 aliphatic rings. The third-order valence-corrected chi connectivity index (χ3v) is 3.69. The normalized spacial score (nSPS) is 10.9. The van der Waals surface area contributed by atoms with Crippen molar-refractivity contribution < 1.29 is 14.2 Å². The van der Waals surface area contributed by atoms with Crippen LogP contribution in [0.4, 0.5) is 0 Å². The molecule has 0 amide bonds. The SMILES string of the molecule is CCCCOCCCNC(=NCc1ccc(OCC)c(OC)c1)NCC.I. The number of methoxy groups -OCH3 is 1. The zero-order valence-electron chi connectivity index (χ0n) is 17.2. The molecule has 7 heteroatoms. The van der Waals surface area contributed by atoms with Crippen LogP contribution in [0.5, 0.6) is 11.5 Å². The number of nitrogens with one attached hydrogen (secondary N) is 2. The molecule has 2 N–H and O–H groups in total. The maximum atomic E-state index is 5.58. The van der Waals surface area contributed by atoms with Crippen LogP contribution in [-0.2, 0) is 11.3 Å². The lowest BCUT2D eigenvalue weighted by molar-refractivity contribution is 0.129. The van der Waals surface area contributed by atoms with E-state index in [0.717, 1.165) is 62.2 Å². The first-order chi connectivity index (χ1) is 12.7. The van der Waals surface area contributed by atoms with Crippen molar-refractivity contribution in [3.8, 4) is 11.5 Å². The molecule has 1 rings (SSSR count). The standard InChI is InChI=1S/C20H35N3O3.HI/c1-5-8-13-25-14-9-12-22-20(21-6-2)23-16-17-10-11-18(26-7-3)19(15-17)24-4;/h10-11,15H,5-9,12-14,16H2,1-4H3,(H2,21,22,23);1H. The Morgan fingerprint density at radius 3 is 2.48 bits per heavy atom. The van der Waals surface area contributed by atoms with Crippen LogP contribution in [0, 0.1) is 0 Å². The van der Waals surface area contributed by atoms with Gasteiger partial charge in [0.2, 0.25) is 0 Å². The fraction of sp³-hybridized carbons (Fsp3) is 0.650. The van der Waals surface area contributed by atoms with Crippen molar-refractivity contribution in [1.29, 1.82) is 0 Å². The minimum Gasteiger partial charge on any atom is -0.493 e. The first kappa shape index (κ1) is 25.8. The van der Waals surface area contributed by atoms with Crippen molar-refractivity contribution in [3.63, 3.8) is 0 Å². The largest absolute Gasteiger partial charge is 0.493 e. The average Bonchev–Trinajstić information content (AvgIpc) is 2.66. The van der Waals surface area contributed by atoms with E-state index in [0.29, 0.717) is 13.2 Å². The number of hydrogen-bond donors (Lipinski definition) is 2.